The molecule has 0 unspecified atom stereocenters. The van der Waals surface area contributed by atoms with E-state index in [0.717, 1.165) is 46.5 Å². The number of methoxy groups -OCH3 is 1. The molecule has 188 valence electrons. The summed E-state index contributed by atoms with van der Waals surface area (Å²) in [6.45, 7) is 2.32. The van der Waals surface area contributed by atoms with Crippen molar-refractivity contribution in [1.29, 1.82) is 0 Å². The lowest BCUT2D eigenvalue weighted by Crippen LogP contribution is -3.00. The van der Waals surface area contributed by atoms with Crippen LogP contribution in [0.1, 0.15) is 22.8 Å². The van der Waals surface area contributed by atoms with Crippen LogP contribution in [0.2, 0.25) is 0 Å². The number of hydrogen-bond donors (Lipinski definition) is 0. The molecule has 2 aliphatic heterocycles. The van der Waals surface area contributed by atoms with E-state index >= 15 is 0 Å². The average Bonchev–Trinajstić information content (AvgIpc) is 3.34. The molecule has 37 heavy (non-hydrogen) atoms. The van der Waals surface area contributed by atoms with Crippen LogP contribution in [0, 0.1) is 0 Å². The number of pyridine rings is 1. The fourth-order valence-electron chi connectivity index (χ4n) is 4.64. The number of fused-ring (bicyclic) bond motifs is 5. The number of hydrogen-bond acceptors (Lipinski definition) is 7. The maximum atomic E-state index is 13.0. The molecule has 6 rings (SSSR count). The maximum absolute atomic E-state index is 13.0. The van der Waals surface area contributed by atoms with Crippen molar-refractivity contribution in [1.82, 2.24) is 0 Å². The Morgan fingerprint density at radius 3 is 2.43 bits per heavy atom. The second-order valence-electron chi connectivity index (χ2n) is 8.57. The van der Waals surface area contributed by atoms with Crippen LogP contribution >= 0.6 is 0 Å². The number of carbonyl (C=O) groups excluding carboxylic acids is 2. The lowest BCUT2D eigenvalue weighted by molar-refractivity contribution is -0.686. The SMILES string of the molecule is COc1ccc2cc3[n+](cc2c1OC(=O)c1ccc(OC(C)=O)cc1)CCc1cc2c(cc1-3)OCO2.[Cl-]. The largest absolute Gasteiger partial charge is 1.00 e. The van der Waals surface area contributed by atoms with Gasteiger partial charge in [-0.1, -0.05) is 0 Å². The van der Waals surface area contributed by atoms with E-state index in [1.807, 2.05) is 18.3 Å². The number of esters is 2. The lowest BCUT2D eigenvalue weighted by Gasteiger charge is -2.17. The Hall–Kier alpha value is -4.30. The van der Waals surface area contributed by atoms with Crippen LogP contribution in [0.3, 0.4) is 0 Å². The van der Waals surface area contributed by atoms with Gasteiger partial charge in [-0.25, -0.2) is 4.79 Å². The Morgan fingerprint density at radius 2 is 1.70 bits per heavy atom. The topological polar surface area (TPSA) is 84.2 Å². The lowest BCUT2D eigenvalue weighted by atomic mass is 9.95. The Balaban J connectivity index is 0.00000280. The van der Waals surface area contributed by atoms with Crippen molar-refractivity contribution in [3.63, 3.8) is 0 Å². The maximum Gasteiger partial charge on any atom is 0.343 e. The van der Waals surface area contributed by atoms with E-state index in [9.17, 15) is 9.59 Å². The van der Waals surface area contributed by atoms with Gasteiger partial charge in [0.15, 0.2) is 35.7 Å². The van der Waals surface area contributed by atoms with E-state index in [2.05, 4.69) is 16.7 Å². The molecular weight excluding hydrogens is 498 g/mol. The van der Waals surface area contributed by atoms with Crippen LogP contribution in [0.15, 0.2) is 60.8 Å². The molecule has 0 bridgehead atoms. The smallest absolute Gasteiger partial charge is 0.343 e. The standard InChI is InChI=1S/C28H22NO7.ClH/c1-16(30)35-20-6-3-17(4-7-20)28(31)36-27-22-14-29-10-9-19-12-25-26(34-15-33-25)13-21(19)23(29)11-18(22)5-8-24(27)32-2;/h3-8,11-14H,9-10,15H2,1-2H3;1H/q+1;/p-1. The van der Waals surface area contributed by atoms with Gasteiger partial charge in [0.25, 0.3) is 0 Å². The van der Waals surface area contributed by atoms with Crippen LogP contribution in [0.5, 0.6) is 28.7 Å². The molecule has 1 aromatic heterocycles. The van der Waals surface area contributed by atoms with E-state index in [1.165, 1.54) is 19.6 Å². The summed E-state index contributed by atoms with van der Waals surface area (Å²) in [6.07, 6.45) is 2.83. The summed E-state index contributed by atoms with van der Waals surface area (Å²) in [6, 6.07) is 16.1. The Labute approximate surface area is 218 Å². The molecular formula is C28H22ClNO7. The van der Waals surface area contributed by atoms with Gasteiger partial charge in [0.1, 0.15) is 5.75 Å². The predicted octanol–water partition coefficient (Wildman–Crippen LogP) is 1.24. The van der Waals surface area contributed by atoms with Crippen LogP contribution < -0.4 is 40.7 Å². The van der Waals surface area contributed by atoms with E-state index in [-0.39, 0.29) is 19.2 Å². The molecule has 0 fully saturated rings. The number of benzene rings is 3. The van der Waals surface area contributed by atoms with Gasteiger partial charge in [-0.15, -0.1) is 0 Å². The van der Waals surface area contributed by atoms with Crippen molar-refractivity contribution in [3.8, 4) is 40.0 Å². The molecule has 4 aromatic rings. The first-order valence-electron chi connectivity index (χ1n) is 11.5. The number of halogens is 1. The Bertz CT molecular complexity index is 1550. The van der Waals surface area contributed by atoms with Crippen molar-refractivity contribution < 1.29 is 50.2 Å². The summed E-state index contributed by atoms with van der Waals surface area (Å²) in [5.41, 5.74) is 3.66. The van der Waals surface area contributed by atoms with Gasteiger partial charge in [0.05, 0.1) is 23.6 Å². The van der Waals surface area contributed by atoms with Gasteiger partial charge in [-0.2, -0.15) is 4.57 Å². The van der Waals surface area contributed by atoms with E-state index in [0.29, 0.717) is 22.8 Å². The third-order valence-electron chi connectivity index (χ3n) is 6.34. The predicted molar refractivity (Wildman–Crippen MR) is 129 cm³/mol. The zero-order valence-corrected chi connectivity index (χ0v) is 20.8. The summed E-state index contributed by atoms with van der Waals surface area (Å²) in [5.74, 6) is 1.70. The second-order valence-corrected chi connectivity index (χ2v) is 8.57. The van der Waals surface area contributed by atoms with Crippen LogP contribution in [-0.2, 0) is 17.8 Å². The van der Waals surface area contributed by atoms with Gasteiger partial charge in [-0.05, 0) is 59.5 Å². The number of ether oxygens (including phenoxy) is 5. The van der Waals surface area contributed by atoms with Gasteiger partial charge < -0.3 is 36.1 Å². The first-order chi connectivity index (χ1) is 17.5. The minimum atomic E-state index is -0.545. The number of carbonyl (C=O) groups is 2. The van der Waals surface area contributed by atoms with E-state index < -0.39 is 11.9 Å². The molecule has 0 amide bonds. The molecule has 0 saturated heterocycles. The van der Waals surface area contributed by atoms with Gasteiger partial charge in [0.2, 0.25) is 12.5 Å². The minimum absolute atomic E-state index is 0. The average molecular weight is 520 g/mol. The Morgan fingerprint density at radius 1 is 0.946 bits per heavy atom. The highest BCUT2D eigenvalue weighted by molar-refractivity contribution is 5.97. The molecule has 0 spiro atoms. The monoisotopic (exact) mass is 519 g/mol. The molecule has 0 N–H and O–H groups in total. The summed E-state index contributed by atoms with van der Waals surface area (Å²) in [5, 5.41) is 1.66. The number of aromatic nitrogens is 1. The molecule has 9 heteroatoms. The first-order valence-corrected chi connectivity index (χ1v) is 11.5. The summed E-state index contributed by atoms with van der Waals surface area (Å²) in [4.78, 5) is 24.1. The summed E-state index contributed by atoms with van der Waals surface area (Å²) >= 11 is 0. The van der Waals surface area contributed by atoms with Crippen molar-refractivity contribution in [2.45, 2.75) is 19.9 Å². The molecule has 0 atom stereocenters. The molecule has 0 saturated carbocycles. The first kappa shape index (κ1) is 24.4. The molecule has 0 aliphatic carbocycles. The highest BCUT2D eigenvalue weighted by Crippen LogP contribution is 2.41. The fraction of sp³-hybridized carbons (Fsp3) is 0.179. The highest BCUT2D eigenvalue weighted by Gasteiger charge is 2.29. The van der Waals surface area contributed by atoms with Crippen molar-refractivity contribution >= 4 is 22.7 Å². The van der Waals surface area contributed by atoms with E-state index in [4.69, 9.17) is 23.7 Å². The van der Waals surface area contributed by atoms with Crippen molar-refractivity contribution in [2.75, 3.05) is 13.9 Å². The molecule has 0 radical (unpaired) electrons. The number of rotatable bonds is 4. The van der Waals surface area contributed by atoms with Gasteiger partial charge in [0, 0.05) is 19.4 Å². The zero-order valence-electron chi connectivity index (χ0n) is 20.1. The van der Waals surface area contributed by atoms with Gasteiger partial charge in [-0.3, -0.25) is 4.79 Å². The quantitative estimate of drug-likeness (QED) is 0.228. The van der Waals surface area contributed by atoms with Gasteiger partial charge >= 0.3 is 11.9 Å². The number of nitrogens with zero attached hydrogens (tertiary/aromatic N) is 1. The third kappa shape index (κ3) is 4.40. The van der Waals surface area contributed by atoms with E-state index in [1.54, 1.807) is 30.3 Å². The molecule has 3 heterocycles. The number of aryl methyl sites for hydroxylation is 2. The van der Waals surface area contributed by atoms with Crippen molar-refractivity contribution in [2.24, 2.45) is 0 Å². The van der Waals surface area contributed by atoms with Crippen LogP contribution in [0.25, 0.3) is 22.0 Å². The van der Waals surface area contributed by atoms with Crippen LogP contribution in [-0.4, -0.2) is 25.8 Å². The fourth-order valence-corrected chi connectivity index (χ4v) is 4.64. The molecule has 8 nitrogen and oxygen atoms in total. The van der Waals surface area contributed by atoms with Crippen LogP contribution in [0.4, 0.5) is 0 Å². The molecule has 3 aromatic carbocycles. The normalized spacial score (nSPS) is 12.7. The van der Waals surface area contributed by atoms with Crippen molar-refractivity contribution in [3.05, 3.63) is 71.9 Å². The molecule has 2 aliphatic rings. The highest BCUT2D eigenvalue weighted by atomic mass is 35.5. The third-order valence-corrected chi connectivity index (χ3v) is 6.34. The minimum Gasteiger partial charge on any atom is -1.00 e. The summed E-state index contributed by atoms with van der Waals surface area (Å²) in [7, 11) is 1.54. The second kappa shape index (κ2) is 9.63. The zero-order chi connectivity index (χ0) is 24.8. The summed E-state index contributed by atoms with van der Waals surface area (Å²) < 4.78 is 29.7. The Kier molecular flexibility index (Phi) is 6.35.